The van der Waals surface area contributed by atoms with Crippen LogP contribution in [-0.2, 0) is 21.4 Å². The van der Waals surface area contributed by atoms with Crippen molar-refractivity contribution in [1.29, 1.82) is 0 Å². The molecule has 1 aliphatic heterocycles. The van der Waals surface area contributed by atoms with E-state index in [0.717, 1.165) is 29.3 Å². The van der Waals surface area contributed by atoms with Gasteiger partial charge in [0.15, 0.2) is 0 Å². The van der Waals surface area contributed by atoms with Gasteiger partial charge in [0, 0.05) is 39.8 Å². The molecule has 7 nitrogen and oxygen atoms in total. The maximum atomic E-state index is 14.0. The Hall–Kier alpha value is -2.53. The van der Waals surface area contributed by atoms with Crippen LogP contribution in [0.3, 0.4) is 0 Å². The van der Waals surface area contributed by atoms with Gasteiger partial charge in [-0.25, -0.2) is 8.42 Å². The molecule has 3 aromatic rings. The lowest BCUT2D eigenvalue weighted by Gasteiger charge is -2.32. The van der Waals surface area contributed by atoms with Crippen LogP contribution in [0.2, 0.25) is 0 Å². The summed E-state index contributed by atoms with van der Waals surface area (Å²) < 4.78 is 30.0. The number of piperidine rings is 1. The third-order valence-electron chi connectivity index (χ3n) is 6.52. The standard InChI is InChI=1S/C28H29Br2N3O4S/c1-19-5-3-4-16-33(19)38(36,37)25-14-15-27(30)26(17-25)28(35)32(18-21-6-8-22(29)9-7-21)24-12-10-23(11-13-24)31-20(2)34/h6-15,17,19H,3-5,16,18H2,1-2H3,(H,31,34). The molecule has 1 unspecified atom stereocenters. The molecule has 0 radical (unpaired) electrons. The number of halogens is 2. The average Bonchev–Trinajstić information content (AvgIpc) is 2.88. The molecular weight excluding hydrogens is 634 g/mol. The number of carbonyl (C=O) groups excluding carboxylic acids is 2. The summed E-state index contributed by atoms with van der Waals surface area (Å²) in [5.74, 6) is -0.540. The molecule has 1 atom stereocenters. The van der Waals surface area contributed by atoms with Gasteiger partial charge in [0.2, 0.25) is 15.9 Å². The lowest BCUT2D eigenvalue weighted by Crippen LogP contribution is -2.42. The summed E-state index contributed by atoms with van der Waals surface area (Å²) >= 11 is 6.91. The Labute approximate surface area is 240 Å². The van der Waals surface area contributed by atoms with Crippen LogP contribution in [0.25, 0.3) is 0 Å². The summed E-state index contributed by atoms with van der Waals surface area (Å²) in [6, 6.07) is 19.1. The fourth-order valence-electron chi connectivity index (χ4n) is 4.52. The van der Waals surface area contributed by atoms with Gasteiger partial charge in [-0.15, -0.1) is 0 Å². The Morgan fingerprint density at radius 1 is 1.00 bits per heavy atom. The zero-order valence-electron chi connectivity index (χ0n) is 21.2. The van der Waals surface area contributed by atoms with Crippen LogP contribution in [0.15, 0.2) is 80.6 Å². The third kappa shape index (κ3) is 6.54. The first-order valence-corrected chi connectivity index (χ1v) is 15.3. The molecule has 1 fully saturated rings. The molecule has 0 spiro atoms. The van der Waals surface area contributed by atoms with Crippen molar-refractivity contribution in [3.63, 3.8) is 0 Å². The molecule has 2 amide bonds. The van der Waals surface area contributed by atoms with Gasteiger partial charge in [-0.3, -0.25) is 9.59 Å². The summed E-state index contributed by atoms with van der Waals surface area (Å²) in [6.45, 7) is 4.09. The van der Waals surface area contributed by atoms with Crippen LogP contribution >= 0.6 is 31.9 Å². The molecule has 0 aliphatic carbocycles. The quantitative estimate of drug-likeness (QED) is 0.310. The first-order valence-electron chi connectivity index (χ1n) is 12.3. The highest BCUT2D eigenvalue weighted by Crippen LogP contribution is 2.30. The number of benzene rings is 3. The van der Waals surface area contributed by atoms with Crippen LogP contribution < -0.4 is 10.2 Å². The number of anilines is 2. The van der Waals surface area contributed by atoms with Gasteiger partial charge >= 0.3 is 0 Å². The second kappa shape index (κ2) is 12.1. The third-order valence-corrected chi connectivity index (χ3v) is 9.75. The number of nitrogens with zero attached hydrogens (tertiary/aromatic N) is 2. The molecule has 4 rings (SSSR count). The van der Waals surface area contributed by atoms with E-state index in [2.05, 4.69) is 37.2 Å². The van der Waals surface area contributed by atoms with Crippen molar-refractivity contribution in [2.75, 3.05) is 16.8 Å². The van der Waals surface area contributed by atoms with Gasteiger partial charge in [0.1, 0.15) is 0 Å². The fraction of sp³-hybridized carbons (Fsp3) is 0.286. The molecule has 200 valence electrons. The van der Waals surface area contributed by atoms with Gasteiger partial charge in [-0.1, -0.05) is 34.5 Å². The first kappa shape index (κ1) is 28.5. The maximum absolute atomic E-state index is 14.0. The minimum atomic E-state index is -3.76. The molecule has 3 aromatic carbocycles. The summed E-state index contributed by atoms with van der Waals surface area (Å²) in [5, 5.41) is 2.73. The number of carbonyl (C=O) groups is 2. The van der Waals surface area contributed by atoms with Crippen LogP contribution in [0.5, 0.6) is 0 Å². The Bertz CT molecular complexity index is 1430. The Balaban J connectivity index is 1.72. The molecule has 1 heterocycles. The number of sulfonamides is 1. The van der Waals surface area contributed by atoms with Gasteiger partial charge in [-0.05, 0) is 95.9 Å². The second-order valence-electron chi connectivity index (χ2n) is 9.35. The molecule has 0 saturated carbocycles. The van der Waals surface area contributed by atoms with Crippen molar-refractivity contribution < 1.29 is 18.0 Å². The van der Waals surface area contributed by atoms with E-state index in [-0.39, 0.29) is 34.9 Å². The van der Waals surface area contributed by atoms with E-state index in [1.54, 1.807) is 41.3 Å². The highest BCUT2D eigenvalue weighted by molar-refractivity contribution is 9.10. The predicted molar refractivity (Wildman–Crippen MR) is 157 cm³/mol. The molecule has 38 heavy (non-hydrogen) atoms. The molecule has 1 aliphatic rings. The minimum Gasteiger partial charge on any atom is -0.326 e. The highest BCUT2D eigenvalue weighted by atomic mass is 79.9. The average molecular weight is 663 g/mol. The van der Waals surface area contributed by atoms with Crippen molar-refractivity contribution in [2.24, 2.45) is 0 Å². The SMILES string of the molecule is CC(=O)Nc1ccc(N(Cc2ccc(Br)cc2)C(=O)c2cc(S(=O)(=O)N3CCCCC3C)ccc2Br)cc1. The number of nitrogens with one attached hydrogen (secondary N) is 1. The van der Waals surface area contributed by atoms with Crippen molar-refractivity contribution in [3.05, 3.63) is 86.8 Å². The molecule has 0 aromatic heterocycles. The van der Waals surface area contributed by atoms with Crippen LogP contribution in [0, 0.1) is 0 Å². The van der Waals surface area contributed by atoms with Gasteiger partial charge in [0.05, 0.1) is 17.0 Å². The minimum absolute atomic E-state index is 0.0902. The van der Waals surface area contributed by atoms with Crippen molar-refractivity contribution in [1.82, 2.24) is 4.31 Å². The summed E-state index contributed by atoms with van der Waals surface area (Å²) in [4.78, 5) is 27.2. The number of amides is 2. The molecule has 1 saturated heterocycles. The van der Waals surface area contributed by atoms with Crippen molar-refractivity contribution >= 4 is 65.1 Å². The fourth-order valence-corrected chi connectivity index (χ4v) is 6.93. The zero-order valence-corrected chi connectivity index (χ0v) is 25.1. The second-order valence-corrected chi connectivity index (χ2v) is 13.0. The van der Waals surface area contributed by atoms with Crippen molar-refractivity contribution in [3.8, 4) is 0 Å². The lowest BCUT2D eigenvalue weighted by atomic mass is 10.1. The van der Waals surface area contributed by atoms with E-state index in [1.807, 2.05) is 31.2 Å². The van der Waals surface area contributed by atoms with E-state index in [9.17, 15) is 18.0 Å². The van der Waals surface area contributed by atoms with Crippen LogP contribution in [0.4, 0.5) is 11.4 Å². The molecule has 1 N–H and O–H groups in total. The normalized spacial score (nSPS) is 16.2. The maximum Gasteiger partial charge on any atom is 0.259 e. The summed E-state index contributed by atoms with van der Waals surface area (Å²) in [7, 11) is -3.76. The number of hydrogen-bond acceptors (Lipinski definition) is 4. The lowest BCUT2D eigenvalue weighted by molar-refractivity contribution is -0.114. The van der Waals surface area contributed by atoms with E-state index in [0.29, 0.717) is 22.4 Å². The Morgan fingerprint density at radius 3 is 2.32 bits per heavy atom. The number of hydrogen-bond donors (Lipinski definition) is 1. The van der Waals surface area contributed by atoms with Gasteiger partial charge in [-0.2, -0.15) is 4.31 Å². The Morgan fingerprint density at radius 2 is 1.68 bits per heavy atom. The molecule has 10 heteroatoms. The number of rotatable bonds is 7. The van der Waals surface area contributed by atoms with E-state index < -0.39 is 10.0 Å². The largest absolute Gasteiger partial charge is 0.326 e. The zero-order chi connectivity index (χ0) is 27.4. The van der Waals surface area contributed by atoms with E-state index in [1.165, 1.54) is 17.3 Å². The van der Waals surface area contributed by atoms with E-state index in [4.69, 9.17) is 0 Å². The van der Waals surface area contributed by atoms with Crippen LogP contribution in [0.1, 0.15) is 49.0 Å². The summed E-state index contributed by atoms with van der Waals surface area (Å²) in [6.07, 6.45) is 2.64. The predicted octanol–water partition coefficient (Wildman–Crippen LogP) is 6.58. The Kier molecular flexibility index (Phi) is 9.07. The topological polar surface area (TPSA) is 86.8 Å². The molecule has 0 bridgehead atoms. The van der Waals surface area contributed by atoms with Crippen molar-refractivity contribution in [2.45, 2.75) is 50.6 Å². The summed E-state index contributed by atoms with van der Waals surface area (Å²) in [5.41, 5.74) is 2.37. The van der Waals surface area contributed by atoms with Gasteiger partial charge < -0.3 is 10.2 Å². The van der Waals surface area contributed by atoms with E-state index >= 15 is 0 Å². The highest BCUT2D eigenvalue weighted by Gasteiger charge is 2.32. The molecular formula is C28H29Br2N3O4S. The van der Waals surface area contributed by atoms with Crippen LogP contribution in [-0.4, -0.2) is 37.1 Å². The first-order chi connectivity index (χ1) is 18.1. The van der Waals surface area contributed by atoms with Gasteiger partial charge in [0.25, 0.3) is 5.91 Å². The monoisotopic (exact) mass is 661 g/mol. The smallest absolute Gasteiger partial charge is 0.259 e.